The Morgan fingerprint density at radius 2 is 1.62 bits per heavy atom. The minimum absolute atomic E-state index is 0.0590. The van der Waals surface area contributed by atoms with Crippen molar-refractivity contribution in [3.8, 4) is 11.1 Å². The first kappa shape index (κ1) is 23.7. The number of rotatable bonds is 9. The first-order valence-electron chi connectivity index (χ1n) is 11.2. The fourth-order valence-electron chi connectivity index (χ4n) is 4.69. The lowest BCUT2D eigenvalue weighted by molar-refractivity contribution is -0.146. The van der Waals surface area contributed by atoms with Crippen molar-refractivity contribution in [2.45, 2.75) is 44.1 Å². The van der Waals surface area contributed by atoms with Crippen molar-refractivity contribution >= 4 is 18.0 Å². The average Bonchev–Trinajstić information content (AvgIpc) is 3.10. The first-order valence-corrected chi connectivity index (χ1v) is 11.2. The van der Waals surface area contributed by atoms with Crippen LogP contribution in [0, 0.1) is 5.41 Å². The summed E-state index contributed by atoms with van der Waals surface area (Å²) in [5, 5.41) is 13.9. The van der Waals surface area contributed by atoms with E-state index in [4.69, 9.17) is 9.84 Å². The number of nitrogens with one attached hydrogen (secondary N) is 2. The number of fused-ring (bicyclic) bond motifs is 3. The number of ether oxygens (including phenoxy) is 1. The van der Waals surface area contributed by atoms with Crippen molar-refractivity contribution in [2.75, 3.05) is 13.2 Å². The minimum atomic E-state index is -2.86. The number of alkyl halides is 2. The van der Waals surface area contributed by atoms with E-state index in [1.807, 2.05) is 48.5 Å². The summed E-state index contributed by atoms with van der Waals surface area (Å²) >= 11 is 0. The summed E-state index contributed by atoms with van der Waals surface area (Å²) in [6.07, 6.45) is -2.97. The highest BCUT2D eigenvalue weighted by Crippen LogP contribution is 2.44. The molecule has 0 heterocycles. The van der Waals surface area contributed by atoms with Crippen LogP contribution >= 0.6 is 0 Å². The molecule has 3 N–H and O–H groups in total. The van der Waals surface area contributed by atoms with Gasteiger partial charge in [-0.1, -0.05) is 55.0 Å². The molecule has 4 rings (SSSR count). The number of halogens is 2. The van der Waals surface area contributed by atoms with Crippen LogP contribution in [-0.2, 0) is 14.3 Å². The zero-order chi connectivity index (χ0) is 24.3. The maximum absolute atomic E-state index is 12.7. The second-order valence-electron chi connectivity index (χ2n) is 8.80. The van der Waals surface area contributed by atoms with Crippen LogP contribution in [0.4, 0.5) is 13.6 Å². The molecule has 2 aromatic carbocycles. The van der Waals surface area contributed by atoms with Crippen LogP contribution in [0.3, 0.4) is 0 Å². The van der Waals surface area contributed by atoms with Crippen LogP contribution in [0.15, 0.2) is 48.5 Å². The molecule has 0 spiro atoms. The maximum Gasteiger partial charge on any atom is 0.407 e. The monoisotopic (exact) mass is 472 g/mol. The molecule has 0 bridgehead atoms. The quantitative estimate of drug-likeness (QED) is 0.513. The zero-order valence-electron chi connectivity index (χ0n) is 18.4. The molecule has 2 amide bonds. The van der Waals surface area contributed by atoms with Crippen LogP contribution in [0.1, 0.15) is 42.7 Å². The van der Waals surface area contributed by atoms with Crippen LogP contribution in [-0.4, -0.2) is 48.7 Å². The van der Waals surface area contributed by atoms with Crippen molar-refractivity contribution in [1.82, 2.24) is 10.6 Å². The predicted molar refractivity (Wildman–Crippen MR) is 120 cm³/mol. The summed E-state index contributed by atoms with van der Waals surface area (Å²) < 4.78 is 30.8. The van der Waals surface area contributed by atoms with E-state index in [0.29, 0.717) is 19.3 Å². The minimum Gasteiger partial charge on any atom is -0.480 e. The number of amides is 2. The molecule has 1 fully saturated rings. The summed E-state index contributed by atoms with van der Waals surface area (Å²) in [6, 6.07) is 14.2. The summed E-state index contributed by atoms with van der Waals surface area (Å²) in [5.41, 5.74) is 3.33. The highest BCUT2D eigenvalue weighted by molar-refractivity contribution is 5.88. The molecular formula is C25H26F2N2O5. The molecule has 0 saturated heterocycles. The number of carbonyl (C=O) groups is 3. The van der Waals surface area contributed by atoms with Gasteiger partial charge >= 0.3 is 12.1 Å². The SMILES string of the molecule is O=C(NCC1(C(=O)NC(CC(F)F)C(=O)O)CCC1)OCC1c2ccccc2-c2ccccc21. The summed E-state index contributed by atoms with van der Waals surface area (Å²) in [5.74, 6) is -2.27. The molecule has 0 aromatic heterocycles. The Kier molecular flexibility index (Phi) is 6.81. The van der Waals surface area contributed by atoms with Crippen molar-refractivity contribution in [2.24, 2.45) is 5.41 Å². The van der Waals surface area contributed by atoms with E-state index in [9.17, 15) is 23.2 Å². The van der Waals surface area contributed by atoms with E-state index in [2.05, 4.69) is 10.6 Å². The molecular weight excluding hydrogens is 446 g/mol. The van der Waals surface area contributed by atoms with Crippen molar-refractivity contribution in [3.63, 3.8) is 0 Å². The van der Waals surface area contributed by atoms with Gasteiger partial charge in [-0.3, -0.25) is 4.79 Å². The largest absolute Gasteiger partial charge is 0.480 e. The van der Waals surface area contributed by atoms with Gasteiger partial charge in [0.15, 0.2) is 0 Å². The first-order chi connectivity index (χ1) is 16.3. The van der Waals surface area contributed by atoms with Crippen molar-refractivity contribution in [3.05, 3.63) is 59.7 Å². The maximum atomic E-state index is 12.7. The van der Waals surface area contributed by atoms with Gasteiger partial charge in [0, 0.05) is 18.9 Å². The number of carbonyl (C=O) groups excluding carboxylic acids is 2. The smallest absolute Gasteiger partial charge is 0.407 e. The molecule has 0 radical (unpaired) electrons. The molecule has 2 aliphatic carbocycles. The predicted octanol–water partition coefficient (Wildman–Crippen LogP) is 3.92. The van der Waals surface area contributed by atoms with Gasteiger partial charge in [-0.05, 0) is 35.1 Å². The van der Waals surface area contributed by atoms with Gasteiger partial charge in [-0.2, -0.15) is 0 Å². The molecule has 2 aromatic rings. The zero-order valence-corrected chi connectivity index (χ0v) is 18.4. The van der Waals surface area contributed by atoms with Gasteiger partial charge in [0.05, 0.1) is 5.41 Å². The molecule has 1 unspecified atom stereocenters. The van der Waals surface area contributed by atoms with E-state index in [0.717, 1.165) is 22.3 Å². The number of carboxylic acid groups (broad SMARTS) is 1. The lowest BCUT2D eigenvalue weighted by atomic mass is 9.68. The number of benzene rings is 2. The Hall–Kier alpha value is -3.49. The van der Waals surface area contributed by atoms with Gasteiger partial charge in [-0.15, -0.1) is 0 Å². The summed E-state index contributed by atoms with van der Waals surface area (Å²) in [6.45, 7) is 0.0606. The fraction of sp³-hybridized carbons (Fsp3) is 0.400. The Bertz CT molecular complexity index is 1040. The number of aliphatic carboxylic acids is 1. The lowest BCUT2D eigenvalue weighted by Gasteiger charge is -2.40. The Balaban J connectivity index is 1.35. The number of hydrogen-bond donors (Lipinski definition) is 3. The van der Waals surface area contributed by atoms with Crippen LogP contribution in [0.25, 0.3) is 11.1 Å². The van der Waals surface area contributed by atoms with Crippen molar-refractivity contribution < 1.29 is 33.0 Å². The summed E-state index contributed by atoms with van der Waals surface area (Å²) in [7, 11) is 0. The molecule has 7 nitrogen and oxygen atoms in total. The Morgan fingerprint density at radius 1 is 1.03 bits per heavy atom. The third-order valence-electron chi connectivity index (χ3n) is 6.72. The highest BCUT2D eigenvalue weighted by atomic mass is 19.3. The normalized spacial score (nSPS) is 16.7. The number of hydrogen-bond acceptors (Lipinski definition) is 4. The molecule has 1 atom stereocenters. The standard InChI is InChI=1S/C25H26F2N2O5/c26-21(27)12-20(22(30)31)29-23(32)25(10-5-11-25)14-28-24(33)34-13-19-17-8-3-1-6-15(17)16-7-2-4-9-18(16)19/h1-4,6-9,19-21H,5,10-14H2,(H,28,33)(H,29,32)(H,30,31). The topological polar surface area (TPSA) is 105 Å². The third-order valence-corrected chi connectivity index (χ3v) is 6.72. The van der Waals surface area contributed by atoms with Gasteiger partial charge in [0.2, 0.25) is 12.3 Å². The second kappa shape index (κ2) is 9.79. The third kappa shape index (κ3) is 4.73. The highest BCUT2D eigenvalue weighted by Gasteiger charge is 2.45. The molecule has 34 heavy (non-hydrogen) atoms. The van der Waals surface area contributed by atoms with Gasteiger partial charge < -0.3 is 20.5 Å². The second-order valence-corrected chi connectivity index (χ2v) is 8.80. The van der Waals surface area contributed by atoms with E-state index in [1.165, 1.54) is 0 Å². The van der Waals surface area contributed by atoms with Crippen LogP contribution in [0.5, 0.6) is 0 Å². The lowest BCUT2D eigenvalue weighted by Crippen LogP contribution is -2.56. The molecule has 180 valence electrons. The van der Waals surface area contributed by atoms with Crippen LogP contribution in [0.2, 0.25) is 0 Å². The van der Waals surface area contributed by atoms with Gasteiger partial charge in [-0.25, -0.2) is 18.4 Å². The Morgan fingerprint density at radius 3 is 2.12 bits per heavy atom. The number of carboxylic acids is 1. The molecule has 1 saturated carbocycles. The molecule has 2 aliphatic rings. The van der Waals surface area contributed by atoms with Gasteiger partial charge in [0.1, 0.15) is 12.6 Å². The van der Waals surface area contributed by atoms with Crippen LogP contribution < -0.4 is 10.6 Å². The number of alkyl carbamates (subject to hydrolysis) is 1. The van der Waals surface area contributed by atoms with E-state index >= 15 is 0 Å². The Labute approximate surface area is 195 Å². The molecule has 0 aliphatic heterocycles. The van der Waals surface area contributed by atoms with E-state index in [-0.39, 0.29) is 19.1 Å². The van der Waals surface area contributed by atoms with Gasteiger partial charge in [0.25, 0.3) is 0 Å². The van der Waals surface area contributed by atoms with Crippen molar-refractivity contribution in [1.29, 1.82) is 0 Å². The van der Waals surface area contributed by atoms with E-state index in [1.54, 1.807) is 0 Å². The summed E-state index contributed by atoms with van der Waals surface area (Å²) in [4.78, 5) is 36.4. The van der Waals surface area contributed by atoms with E-state index < -0.39 is 42.3 Å². The average molecular weight is 472 g/mol. The molecule has 9 heteroatoms. The fourth-order valence-corrected chi connectivity index (χ4v) is 4.69.